The smallest absolute Gasteiger partial charge is 0.111 e. The first kappa shape index (κ1) is 16.2. The van der Waals surface area contributed by atoms with Gasteiger partial charge in [-0.05, 0) is 18.9 Å². The number of hydrogen-bond donors (Lipinski definition) is 0. The Morgan fingerprint density at radius 1 is 1.24 bits per heavy atom. The second-order valence-electron chi connectivity index (χ2n) is 4.80. The van der Waals surface area contributed by atoms with E-state index in [1.165, 1.54) is 0 Å². The van der Waals surface area contributed by atoms with Crippen molar-refractivity contribution in [2.75, 3.05) is 32.8 Å². The Bertz CT molecular complexity index is 545. The van der Waals surface area contributed by atoms with Gasteiger partial charge in [-0.3, -0.25) is 4.98 Å². The van der Waals surface area contributed by atoms with Gasteiger partial charge in [0.05, 0.1) is 24.9 Å². The van der Waals surface area contributed by atoms with Crippen molar-refractivity contribution in [1.82, 2.24) is 14.5 Å². The zero-order valence-electron chi connectivity index (χ0n) is 12.4. The van der Waals surface area contributed by atoms with Crippen LogP contribution in [0, 0.1) is 0 Å². The molecule has 6 heteroatoms. The highest BCUT2D eigenvalue weighted by molar-refractivity contribution is 6.17. The van der Waals surface area contributed by atoms with Crippen LogP contribution in [0.15, 0.2) is 18.5 Å². The van der Waals surface area contributed by atoms with Gasteiger partial charge in [0.1, 0.15) is 11.3 Å². The van der Waals surface area contributed by atoms with Crippen molar-refractivity contribution in [3.63, 3.8) is 0 Å². The number of halogens is 1. The van der Waals surface area contributed by atoms with Crippen LogP contribution in [0.1, 0.15) is 18.7 Å². The van der Waals surface area contributed by atoms with E-state index in [0.717, 1.165) is 49.3 Å². The van der Waals surface area contributed by atoms with Crippen molar-refractivity contribution in [2.45, 2.75) is 25.8 Å². The minimum absolute atomic E-state index is 0.580. The van der Waals surface area contributed by atoms with E-state index in [1.807, 2.05) is 6.07 Å². The number of aryl methyl sites for hydroxylation is 2. The van der Waals surface area contributed by atoms with Gasteiger partial charge >= 0.3 is 0 Å². The molecule has 0 N–H and O–H groups in total. The average Bonchev–Trinajstić information content (AvgIpc) is 2.84. The molecule has 2 aromatic heterocycles. The molecule has 0 saturated heterocycles. The number of unbranched alkanes of at least 4 members (excludes halogenated alkanes) is 1. The number of nitrogens with zero attached hydrogens (tertiary/aromatic N) is 3. The second kappa shape index (κ2) is 8.97. The minimum Gasteiger partial charge on any atom is -0.382 e. The van der Waals surface area contributed by atoms with Crippen LogP contribution in [0.5, 0.6) is 0 Å². The Balaban J connectivity index is 1.89. The van der Waals surface area contributed by atoms with Gasteiger partial charge in [0.2, 0.25) is 0 Å². The monoisotopic (exact) mass is 311 g/mol. The molecule has 2 aromatic rings. The highest BCUT2D eigenvalue weighted by Crippen LogP contribution is 2.16. The predicted molar refractivity (Wildman–Crippen MR) is 83.9 cm³/mol. The number of alkyl halides is 1. The van der Waals surface area contributed by atoms with E-state index in [1.54, 1.807) is 19.5 Å². The largest absolute Gasteiger partial charge is 0.382 e. The van der Waals surface area contributed by atoms with E-state index < -0.39 is 0 Å². The molecule has 0 spiro atoms. The molecule has 0 aliphatic rings. The Labute approximate surface area is 130 Å². The average molecular weight is 312 g/mol. The summed E-state index contributed by atoms with van der Waals surface area (Å²) in [7, 11) is 1.68. The van der Waals surface area contributed by atoms with E-state index in [-0.39, 0.29) is 0 Å². The van der Waals surface area contributed by atoms with Crippen LogP contribution in [-0.2, 0) is 22.4 Å². The van der Waals surface area contributed by atoms with Gasteiger partial charge in [-0.15, -0.1) is 11.6 Å². The molecule has 0 aromatic carbocycles. The molecule has 0 saturated carbocycles. The summed E-state index contributed by atoms with van der Waals surface area (Å²) in [5.41, 5.74) is 2.07. The number of fused-ring (bicyclic) bond motifs is 1. The molecule has 116 valence electrons. The summed E-state index contributed by atoms with van der Waals surface area (Å²) in [6, 6.07) is 2.01. The number of methoxy groups -OCH3 is 1. The van der Waals surface area contributed by atoms with Crippen LogP contribution in [-0.4, -0.2) is 47.3 Å². The molecule has 0 aliphatic carbocycles. The summed E-state index contributed by atoms with van der Waals surface area (Å²) < 4.78 is 12.7. The first-order chi connectivity index (χ1) is 10.4. The Morgan fingerprint density at radius 3 is 2.95 bits per heavy atom. The van der Waals surface area contributed by atoms with Crippen molar-refractivity contribution in [3.05, 3.63) is 24.3 Å². The van der Waals surface area contributed by atoms with Crippen LogP contribution in [0.2, 0.25) is 0 Å². The van der Waals surface area contributed by atoms with Gasteiger partial charge in [-0.2, -0.15) is 0 Å². The Kier molecular flexibility index (Phi) is 6.92. The van der Waals surface area contributed by atoms with E-state index in [2.05, 4.69) is 14.5 Å². The zero-order valence-corrected chi connectivity index (χ0v) is 13.2. The summed E-state index contributed by atoms with van der Waals surface area (Å²) in [6.07, 6.45) is 6.46. The quantitative estimate of drug-likeness (QED) is 0.500. The summed E-state index contributed by atoms with van der Waals surface area (Å²) in [5, 5.41) is 0. The summed E-state index contributed by atoms with van der Waals surface area (Å²) in [4.78, 5) is 8.74. The molecule has 0 radical (unpaired) electrons. The third-order valence-electron chi connectivity index (χ3n) is 3.30. The number of rotatable bonds is 10. The molecule has 0 atom stereocenters. The lowest BCUT2D eigenvalue weighted by molar-refractivity contribution is 0.0684. The molecule has 0 bridgehead atoms. The fourth-order valence-corrected chi connectivity index (χ4v) is 2.44. The standard InChI is InChI=1S/C15H22ClN3O2/c1-20-10-11-21-9-3-2-8-19-14-5-7-17-12-13(14)18-15(19)4-6-16/h5,7,12H,2-4,6,8-11H2,1H3. The number of hydrogen-bond acceptors (Lipinski definition) is 4. The minimum atomic E-state index is 0.580. The van der Waals surface area contributed by atoms with Crippen molar-refractivity contribution in [1.29, 1.82) is 0 Å². The first-order valence-corrected chi connectivity index (χ1v) is 7.82. The first-order valence-electron chi connectivity index (χ1n) is 7.28. The predicted octanol–water partition coefficient (Wildman–Crippen LogP) is 2.66. The molecule has 5 nitrogen and oxygen atoms in total. The van der Waals surface area contributed by atoms with Gasteiger partial charge < -0.3 is 14.0 Å². The van der Waals surface area contributed by atoms with E-state index in [0.29, 0.717) is 19.1 Å². The third kappa shape index (κ3) is 4.66. The lowest BCUT2D eigenvalue weighted by atomic mass is 10.3. The number of ether oxygens (including phenoxy) is 2. The molecule has 21 heavy (non-hydrogen) atoms. The molecule has 2 heterocycles. The Morgan fingerprint density at radius 2 is 2.14 bits per heavy atom. The van der Waals surface area contributed by atoms with Crippen molar-refractivity contribution >= 4 is 22.6 Å². The number of pyridine rings is 1. The fraction of sp³-hybridized carbons (Fsp3) is 0.600. The second-order valence-corrected chi connectivity index (χ2v) is 5.17. The maximum absolute atomic E-state index is 5.87. The lowest BCUT2D eigenvalue weighted by Crippen LogP contribution is -2.07. The van der Waals surface area contributed by atoms with Crippen LogP contribution < -0.4 is 0 Å². The normalized spacial score (nSPS) is 11.3. The number of imidazole rings is 1. The van der Waals surface area contributed by atoms with E-state index in [4.69, 9.17) is 21.1 Å². The fourth-order valence-electron chi connectivity index (χ4n) is 2.27. The molecule has 0 amide bonds. The van der Waals surface area contributed by atoms with Crippen molar-refractivity contribution in [2.24, 2.45) is 0 Å². The molecule has 0 unspecified atom stereocenters. The van der Waals surface area contributed by atoms with Crippen molar-refractivity contribution in [3.8, 4) is 0 Å². The van der Waals surface area contributed by atoms with Gasteiger partial charge in [0.15, 0.2) is 0 Å². The molecule has 0 aliphatic heterocycles. The number of aromatic nitrogens is 3. The maximum atomic E-state index is 5.87. The highest BCUT2D eigenvalue weighted by Gasteiger charge is 2.09. The third-order valence-corrected chi connectivity index (χ3v) is 3.49. The van der Waals surface area contributed by atoms with Gasteiger partial charge in [0, 0.05) is 38.8 Å². The van der Waals surface area contributed by atoms with Crippen molar-refractivity contribution < 1.29 is 9.47 Å². The molecule has 2 rings (SSSR count). The zero-order chi connectivity index (χ0) is 14.9. The van der Waals surface area contributed by atoms with Gasteiger partial charge in [-0.1, -0.05) is 0 Å². The topological polar surface area (TPSA) is 49.2 Å². The highest BCUT2D eigenvalue weighted by atomic mass is 35.5. The Hall–Kier alpha value is -1.17. The molecular formula is C15H22ClN3O2. The lowest BCUT2D eigenvalue weighted by Gasteiger charge is -2.08. The van der Waals surface area contributed by atoms with Crippen LogP contribution in [0.3, 0.4) is 0 Å². The van der Waals surface area contributed by atoms with Gasteiger partial charge in [-0.25, -0.2) is 4.98 Å². The molecule has 0 fully saturated rings. The summed E-state index contributed by atoms with van der Waals surface area (Å²) in [6.45, 7) is 3.01. The van der Waals surface area contributed by atoms with E-state index >= 15 is 0 Å². The van der Waals surface area contributed by atoms with Gasteiger partial charge in [0.25, 0.3) is 0 Å². The van der Waals surface area contributed by atoms with Crippen LogP contribution in [0.4, 0.5) is 0 Å². The van der Waals surface area contributed by atoms with Crippen LogP contribution >= 0.6 is 11.6 Å². The SMILES string of the molecule is COCCOCCCCn1c(CCCl)nc2cnccc21. The summed E-state index contributed by atoms with van der Waals surface area (Å²) in [5.74, 6) is 1.62. The van der Waals surface area contributed by atoms with E-state index in [9.17, 15) is 0 Å². The summed E-state index contributed by atoms with van der Waals surface area (Å²) >= 11 is 5.87. The molecular weight excluding hydrogens is 290 g/mol. The van der Waals surface area contributed by atoms with Crippen LogP contribution in [0.25, 0.3) is 11.0 Å². The maximum Gasteiger partial charge on any atom is 0.111 e.